The molecule has 0 radical (unpaired) electrons. The van der Waals surface area contributed by atoms with Gasteiger partial charge in [0.1, 0.15) is 5.17 Å². The summed E-state index contributed by atoms with van der Waals surface area (Å²) in [6, 6.07) is 5.82. The molecule has 0 saturated carbocycles. The predicted octanol–water partition coefficient (Wildman–Crippen LogP) is 2.21. The zero-order valence-corrected chi connectivity index (χ0v) is 11.5. The zero-order chi connectivity index (χ0) is 14.0. The number of amides is 1. The van der Waals surface area contributed by atoms with Crippen molar-refractivity contribution in [2.75, 3.05) is 0 Å². The van der Waals surface area contributed by atoms with Crippen molar-refractivity contribution in [3.05, 3.63) is 52.7 Å². The summed E-state index contributed by atoms with van der Waals surface area (Å²) in [5, 5.41) is 4.21. The van der Waals surface area contributed by atoms with Gasteiger partial charge in [-0.3, -0.25) is 10.2 Å². The molecule has 3 N–H and O–H groups in total. The number of hydrazone groups is 1. The molecule has 98 valence electrons. The first-order chi connectivity index (χ1) is 9.00. The van der Waals surface area contributed by atoms with Crippen LogP contribution in [0.1, 0.15) is 16.7 Å². The molecule has 5 heteroatoms. The van der Waals surface area contributed by atoms with E-state index in [0.717, 1.165) is 16.7 Å². The molecule has 19 heavy (non-hydrogen) atoms. The summed E-state index contributed by atoms with van der Waals surface area (Å²) in [5.74, 6) is -0.502. The SMILES string of the molecule is Cc1cccc(C)c1/C(C(N)=O)=C1\C=CC(Cl)=NN1. The minimum absolute atomic E-state index is 0.328. The Bertz CT molecular complexity index is 609. The van der Waals surface area contributed by atoms with Crippen molar-refractivity contribution < 1.29 is 4.79 Å². The normalized spacial score (nSPS) is 16.7. The van der Waals surface area contributed by atoms with E-state index in [1.807, 2.05) is 32.0 Å². The van der Waals surface area contributed by atoms with Gasteiger partial charge in [0.2, 0.25) is 0 Å². The lowest BCUT2D eigenvalue weighted by atomic mass is 9.93. The van der Waals surface area contributed by atoms with Crippen molar-refractivity contribution >= 4 is 28.3 Å². The van der Waals surface area contributed by atoms with Crippen molar-refractivity contribution in [2.45, 2.75) is 13.8 Å². The Morgan fingerprint density at radius 2 is 1.89 bits per heavy atom. The van der Waals surface area contributed by atoms with Crippen LogP contribution in [-0.4, -0.2) is 11.1 Å². The summed E-state index contributed by atoms with van der Waals surface area (Å²) in [7, 11) is 0. The fourth-order valence-electron chi connectivity index (χ4n) is 2.08. The van der Waals surface area contributed by atoms with E-state index >= 15 is 0 Å². The molecular weight excluding hydrogens is 262 g/mol. The Hall–Kier alpha value is -2.07. The number of nitrogens with one attached hydrogen (secondary N) is 1. The molecule has 1 aliphatic heterocycles. The van der Waals surface area contributed by atoms with Gasteiger partial charge in [-0.1, -0.05) is 29.8 Å². The number of primary amides is 1. The van der Waals surface area contributed by atoms with E-state index in [0.29, 0.717) is 16.4 Å². The van der Waals surface area contributed by atoms with Crippen molar-refractivity contribution in [2.24, 2.45) is 10.8 Å². The molecule has 0 fully saturated rings. The van der Waals surface area contributed by atoms with Crippen molar-refractivity contribution in [3.63, 3.8) is 0 Å². The number of halogens is 1. The molecule has 0 spiro atoms. The van der Waals surface area contributed by atoms with Gasteiger partial charge < -0.3 is 5.73 Å². The van der Waals surface area contributed by atoms with Crippen LogP contribution in [0.25, 0.3) is 5.57 Å². The van der Waals surface area contributed by atoms with Gasteiger partial charge in [-0.05, 0) is 42.7 Å². The minimum Gasteiger partial charge on any atom is -0.366 e. The molecule has 1 heterocycles. The number of aryl methyl sites for hydroxylation is 2. The second kappa shape index (κ2) is 5.28. The average molecular weight is 276 g/mol. The van der Waals surface area contributed by atoms with E-state index in [2.05, 4.69) is 10.5 Å². The lowest BCUT2D eigenvalue weighted by molar-refractivity contribution is -0.112. The number of benzene rings is 1. The number of nitrogens with two attached hydrogens (primary N) is 1. The number of carbonyl (C=O) groups excluding carboxylic acids is 1. The zero-order valence-electron chi connectivity index (χ0n) is 10.7. The van der Waals surface area contributed by atoms with E-state index in [9.17, 15) is 4.79 Å². The largest absolute Gasteiger partial charge is 0.366 e. The topological polar surface area (TPSA) is 67.5 Å². The molecule has 1 aliphatic rings. The average Bonchev–Trinajstić information content (AvgIpc) is 2.35. The molecule has 1 aromatic carbocycles. The van der Waals surface area contributed by atoms with Gasteiger partial charge in [-0.25, -0.2) is 0 Å². The van der Waals surface area contributed by atoms with E-state index in [4.69, 9.17) is 17.3 Å². The van der Waals surface area contributed by atoms with E-state index in [1.54, 1.807) is 12.2 Å². The van der Waals surface area contributed by atoms with Crippen molar-refractivity contribution in [3.8, 4) is 0 Å². The molecule has 0 saturated heterocycles. The Kier molecular flexibility index (Phi) is 3.71. The van der Waals surface area contributed by atoms with Gasteiger partial charge >= 0.3 is 0 Å². The van der Waals surface area contributed by atoms with Crippen LogP contribution in [0, 0.1) is 13.8 Å². The van der Waals surface area contributed by atoms with Crippen LogP contribution in [0.4, 0.5) is 0 Å². The lowest BCUT2D eigenvalue weighted by Gasteiger charge is -2.16. The highest BCUT2D eigenvalue weighted by atomic mass is 35.5. The molecule has 0 bridgehead atoms. The quantitative estimate of drug-likeness (QED) is 0.813. The Morgan fingerprint density at radius 1 is 1.26 bits per heavy atom. The number of rotatable bonds is 2. The number of carbonyl (C=O) groups is 1. The van der Waals surface area contributed by atoms with Crippen LogP contribution >= 0.6 is 11.6 Å². The van der Waals surface area contributed by atoms with Gasteiger partial charge in [0, 0.05) is 0 Å². The first kappa shape index (κ1) is 13.4. The highest BCUT2D eigenvalue weighted by Crippen LogP contribution is 2.26. The van der Waals surface area contributed by atoms with Crippen LogP contribution in [-0.2, 0) is 4.79 Å². The smallest absolute Gasteiger partial charge is 0.251 e. The minimum atomic E-state index is -0.502. The monoisotopic (exact) mass is 275 g/mol. The van der Waals surface area contributed by atoms with Crippen LogP contribution in [0.15, 0.2) is 41.1 Å². The van der Waals surface area contributed by atoms with Gasteiger partial charge in [0.25, 0.3) is 5.91 Å². The second-order valence-corrected chi connectivity index (χ2v) is 4.69. The lowest BCUT2D eigenvalue weighted by Crippen LogP contribution is -2.21. The van der Waals surface area contributed by atoms with Crippen molar-refractivity contribution in [1.29, 1.82) is 0 Å². The van der Waals surface area contributed by atoms with Crippen molar-refractivity contribution in [1.82, 2.24) is 5.43 Å². The van der Waals surface area contributed by atoms with E-state index < -0.39 is 5.91 Å². The molecule has 0 aromatic heterocycles. The number of hydrogen-bond donors (Lipinski definition) is 2. The van der Waals surface area contributed by atoms with Crippen LogP contribution in [0.3, 0.4) is 0 Å². The van der Waals surface area contributed by atoms with Gasteiger partial charge in [0.15, 0.2) is 0 Å². The highest BCUT2D eigenvalue weighted by Gasteiger charge is 2.18. The van der Waals surface area contributed by atoms with Crippen LogP contribution in [0.2, 0.25) is 0 Å². The summed E-state index contributed by atoms with van der Waals surface area (Å²) < 4.78 is 0. The van der Waals surface area contributed by atoms with Crippen LogP contribution < -0.4 is 11.2 Å². The summed E-state index contributed by atoms with van der Waals surface area (Å²) in [6.07, 6.45) is 3.31. The fourth-order valence-corrected chi connectivity index (χ4v) is 2.18. The molecule has 2 rings (SSSR count). The molecule has 0 aliphatic carbocycles. The molecule has 0 atom stereocenters. The Morgan fingerprint density at radius 3 is 2.37 bits per heavy atom. The van der Waals surface area contributed by atoms with E-state index in [1.165, 1.54) is 0 Å². The summed E-state index contributed by atoms with van der Waals surface area (Å²) >= 11 is 5.74. The Labute approximate surface area is 116 Å². The standard InChI is InChI=1S/C14H14ClN3O/c1-8-4-3-5-9(2)12(8)13(14(16)19)10-6-7-11(15)18-17-10/h3-7,17H,1-2H3,(H2,16,19)/b13-10-. The first-order valence-electron chi connectivity index (χ1n) is 5.78. The Balaban J connectivity index is 2.64. The third kappa shape index (κ3) is 2.69. The number of allylic oxidation sites excluding steroid dienone is 2. The van der Waals surface area contributed by atoms with Gasteiger partial charge in [-0.2, -0.15) is 5.10 Å². The predicted molar refractivity (Wildman–Crippen MR) is 77.6 cm³/mol. The summed E-state index contributed by atoms with van der Waals surface area (Å²) in [5.41, 5.74) is 12.0. The highest BCUT2D eigenvalue weighted by molar-refractivity contribution is 6.68. The third-order valence-electron chi connectivity index (χ3n) is 2.92. The molecule has 0 unspecified atom stereocenters. The molecule has 4 nitrogen and oxygen atoms in total. The molecular formula is C14H14ClN3O. The second-order valence-electron chi connectivity index (χ2n) is 4.30. The maximum Gasteiger partial charge on any atom is 0.251 e. The van der Waals surface area contributed by atoms with E-state index in [-0.39, 0.29) is 0 Å². The number of nitrogens with zero attached hydrogens (tertiary/aromatic N) is 1. The maximum atomic E-state index is 11.8. The fraction of sp³-hybridized carbons (Fsp3) is 0.143. The summed E-state index contributed by atoms with van der Waals surface area (Å²) in [4.78, 5) is 11.8. The van der Waals surface area contributed by atoms with Gasteiger partial charge in [0.05, 0.1) is 11.3 Å². The summed E-state index contributed by atoms with van der Waals surface area (Å²) in [6.45, 7) is 3.88. The van der Waals surface area contributed by atoms with Crippen LogP contribution in [0.5, 0.6) is 0 Å². The third-order valence-corrected chi connectivity index (χ3v) is 3.13. The first-order valence-corrected chi connectivity index (χ1v) is 6.16. The molecule has 1 aromatic rings. The number of hydrogen-bond acceptors (Lipinski definition) is 3. The maximum absolute atomic E-state index is 11.8. The van der Waals surface area contributed by atoms with Gasteiger partial charge in [-0.15, -0.1) is 0 Å². The molecule has 1 amide bonds.